The van der Waals surface area contributed by atoms with Crippen molar-refractivity contribution in [2.75, 3.05) is 13.7 Å². The fraction of sp³-hybridized carbons (Fsp3) is 0.240. The van der Waals surface area contributed by atoms with Crippen molar-refractivity contribution < 1.29 is 33.5 Å². The maximum Gasteiger partial charge on any atom is 0.226 e. The van der Waals surface area contributed by atoms with Gasteiger partial charge in [-0.15, -0.1) is 11.3 Å². The summed E-state index contributed by atoms with van der Waals surface area (Å²) in [4.78, 5) is 1.16. The van der Waals surface area contributed by atoms with Crippen molar-refractivity contribution in [1.29, 1.82) is 0 Å². The van der Waals surface area contributed by atoms with Gasteiger partial charge < -0.3 is 33.5 Å². The first kappa shape index (κ1) is 39.5. The van der Waals surface area contributed by atoms with Gasteiger partial charge in [0.05, 0.1) is 51.3 Å². The lowest BCUT2D eigenvalue weighted by Crippen LogP contribution is -2.58. The monoisotopic (exact) mass is 792 g/mol. The van der Waals surface area contributed by atoms with Gasteiger partial charge in [0.1, 0.15) is 24.2 Å². The summed E-state index contributed by atoms with van der Waals surface area (Å²) in [5, 5.41) is 14.7. The first-order valence-corrected chi connectivity index (χ1v) is 20.5. The molecule has 1 saturated heterocycles. The van der Waals surface area contributed by atoms with Crippen LogP contribution < -0.4 is 9.47 Å². The second-order valence-corrected chi connectivity index (χ2v) is 15.8. The predicted octanol–water partition coefficient (Wildman–Crippen LogP) is 10.4. The third-order valence-electron chi connectivity index (χ3n) is 10.4. The van der Waals surface area contributed by atoms with Crippen LogP contribution in [0, 0.1) is 0 Å². The Kier molecular flexibility index (Phi) is 12.9. The molecular weight excluding hydrogens is 745 g/mol. The SMILES string of the molecule is COc1cc(OCc2ccccc2)c(C2(O)O[C@H](COCc3ccccc3)C[C@H](OCc3ccccc3)[C@H]2OCc2ccccc2)cc1Cc1cc2ccccc2s1. The van der Waals surface area contributed by atoms with Crippen LogP contribution >= 0.6 is 11.3 Å². The van der Waals surface area contributed by atoms with E-state index in [9.17, 15) is 5.11 Å². The minimum Gasteiger partial charge on any atom is -0.496 e. The topological polar surface area (TPSA) is 75.6 Å². The zero-order valence-electron chi connectivity index (χ0n) is 32.6. The fourth-order valence-corrected chi connectivity index (χ4v) is 8.59. The van der Waals surface area contributed by atoms with Gasteiger partial charge in [-0.05, 0) is 45.8 Å². The average molecular weight is 793 g/mol. The highest BCUT2D eigenvalue weighted by Gasteiger charge is 2.54. The van der Waals surface area contributed by atoms with E-state index in [1.807, 2.05) is 133 Å². The number of ether oxygens (including phenoxy) is 6. The maximum absolute atomic E-state index is 13.5. The molecule has 1 N–H and O–H groups in total. The van der Waals surface area contributed by atoms with Crippen molar-refractivity contribution in [3.8, 4) is 11.5 Å². The van der Waals surface area contributed by atoms with E-state index in [0.717, 1.165) is 32.7 Å². The van der Waals surface area contributed by atoms with E-state index < -0.39 is 24.1 Å². The zero-order valence-corrected chi connectivity index (χ0v) is 33.4. The van der Waals surface area contributed by atoms with Crippen LogP contribution in [0.3, 0.4) is 0 Å². The van der Waals surface area contributed by atoms with Crippen molar-refractivity contribution in [3.05, 3.63) is 202 Å². The van der Waals surface area contributed by atoms with E-state index in [1.165, 1.54) is 10.1 Å². The second kappa shape index (κ2) is 19.0. The van der Waals surface area contributed by atoms with Crippen LogP contribution in [-0.2, 0) is 57.6 Å². The molecule has 1 aliphatic heterocycles. The van der Waals surface area contributed by atoms with Crippen molar-refractivity contribution in [3.63, 3.8) is 0 Å². The van der Waals surface area contributed by atoms with Crippen LogP contribution in [0.5, 0.6) is 11.5 Å². The largest absolute Gasteiger partial charge is 0.496 e. The Morgan fingerprint density at radius 2 is 1.21 bits per heavy atom. The molecule has 0 aliphatic carbocycles. The summed E-state index contributed by atoms with van der Waals surface area (Å²) in [5.74, 6) is -0.975. The molecular formula is C50H48O7S. The van der Waals surface area contributed by atoms with Gasteiger partial charge >= 0.3 is 0 Å². The molecule has 7 nitrogen and oxygen atoms in total. The van der Waals surface area contributed by atoms with Crippen LogP contribution in [-0.4, -0.2) is 37.1 Å². The molecule has 1 fully saturated rings. The predicted molar refractivity (Wildman–Crippen MR) is 228 cm³/mol. The maximum atomic E-state index is 13.5. The van der Waals surface area contributed by atoms with Gasteiger partial charge in [-0.3, -0.25) is 0 Å². The average Bonchev–Trinajstić information content (AvgIpc) is 3.68. The summed E-state index contributed by atoms with van der Waals surface area (Å²) in [6.07, 6.45) is -1.12. The molecule has 2 heterocycles. The Bertz CT molecular complexity index is 2300. The second-order valence-electron chi connectivity index (χ2n) is 14.6. The van der Waals surface area contributed by atoms with Gasteiger partial charge in [0.2, 0.25) is 5.79 Å². The third-order valence-corrected chi connectivity index (χ3v) is 11.5. The van der Waals surface area contributed by atoms with Crippen molar-refractivity contribution in [2.24, 2.45) is 0 Å². The molecule has 1 aliphatic rings. The Hall–Kier alpha value is -5.32. The van der Waals surface area contributed by atoms with Crippen LogP contribution in [0.25, 0.3) is 10.1 Å². The molecule has 8 rings (SSSR count). The van der Waals surface area contributed by atoms with Crippen LogP contribution in [0.1, 0.15) is 44.7 Å². The highest BCUT2D eigenvalue weighted by atomic mass is 32.1. The Labute approximate surface area is 344 Å². The smallest absolute Gasteiger partial charge is 0.226 e. The molecule has 58 heavy (non-hydrogen) atoms. The first-order chi connectivity index (χ1) is 28.5. The van der Waals surface area contributed by atoms with Crippen LogP contribution in [0.2, 0.25) is 0 Å². The van der Waals surface area contributed by atoms with E-state index in [1.54, 1.807) is 18.4 Å². The summed E-state index contributed by atoms with van der Waals surface area (Å²) < 4.78 is 40.7. The summed E-state index contributed by atoms with van der Waals surface area (Å²) in [7, 11) is 1.66. The highest BCUT2D eigenvalue weighted by Crippen LogP contribution is 2.46. The van der Waals surface area contributed by atoms with E-state index in [-0.39, 0.29) is 19.8 Å². The molecule has 0 amide bonds. The normalized spacial score (nSPS) is 19.2. The Morgan fingerprint density at radius 3 is 1.83 bits per heavy atom. The summed E-state index contributed by atoms with van der Waals surface area (Å²) >= 11 is 1.74. The number of thiophene rings is 1. The number of fused-ring (bicyclic) bond motifs is 1. The van der Waals surface area contributed by atoms with Gasteiger partial charge in [0.25, 0.3) is 0 Å². The molecule has 7 aromatic rings. The van der Waals surface area contributed by atoms with E-state index in [2.05, 4.69) is 30.3 Å². The van der Waals surface area contributed by atoms with E-state index in [4.69, 9.17) is 28.4 Å². The first-order valence-electron chi connectivity index (χ1n) is 19.7. The molecule has 0 bridgehead atoms. The number of hydrogen-bond donors (Lipinski definition) is 1. The number of hydrogen-bond acceptors (Lipinski definition) is 8. The fourth-order valence-electron chi connectivity index (χ4n) is 7.50. The lowest BCUT2D eigenvalue weighted by molar-refractivity contribution is -0.352. The van der Waals surface area contributed by atoms with Gasteiger partial charge in [-0.25, -0.2) is 0 Å². The minimum atomic E-state index is -2.04. The molecule has 0 radical (unpaired) electrons. The molecule has 4 atom stereocenters. The lowest BCUT2D eigenvalue weighted by Gasteiger charge is -2.47. The third kappa shape index (κ3) is 9.68. The molecule has 6 aromatic carbocycles. The quantitative estimate of drug-likeness (QED) is 0.0984. The number of rotatable bonds is 17. The van der Waals surface area contributed by atoms with Gasteiger partial charge in [0, 0.05) is 34.0 Å². The molecule has 1 unspecified atom stereocenters. The molecule has 0 spiro atoms. The minimum absolute atomic E-state index is 0.221. The molecule has 0 saturated carbocycles. The standard InChI is InChI=1S/C50H48O7S/c1-52-45-30-46(54-32-37-18-8-3-9-19-37)44(28-41(45)27-43-26-40-24-14-15-25-48(40)58-43)50(51)49(56-34-39-22-12-5-13-23-39)47(55-33-38-20-10-4-11-21-38)29-42(57-50)35-53-31-36-16-6-2-7-17-36/h2-26,28,30,42,47,49,51H,27,29,31-35H2,1H3/t42-,47-,49+,50?/m0/s1. The number of methoxy groups -OCH3 is 1. The zero-order chi connectivity index (χ0) is 39.6. The molecule has 8 heteroatoms. The van der Waals surface area contributed by atoms with Crippen molar-refractivity contribution >= 4 is 21.4 Å². The molecule has 1 aromatic heterocycles. The van der Waals surface area contributed by atoms with Crippen molar-refractivity contribution in [1.82, 2.24) is 0 Å². The van der Waals surface area contributed by atoms with Crippen LogP contribution in [0.15, 0.2) is 164 Å². The number of benzene rings is 6. The highest BCUT2D eigenvalue weighted by molar-refractivity contribution is 7.19. The van der Waals surface area contributed by atoms with Gasteiger partial charge in [0.15, 0.2) is 0 Å². The summed E-state index contributed by atoms with van der Waals surface area (Å²) in [6, 6.07) is 54.4. The Balaban J connectivity index is 1.21. The summed E-state index contributed by atoms with van der Waals surface area (Å²) in [5.41, 5.74) is 5.30. The summed E-state index contributed by atoms with van der Waals surface area (Å²) in [6.45, 7) is 1.43. The number of aliphatic hydroxyl groups is 1. The lowest BCUT2D eigenvalue weighted by atomic mass is 9.87. The Morgan fingerprint density at radius 1 is 0.638 bits per heavy atom. The van der Waals surface area contributed by atoms with Gasteiger partial charge in [-0.2, -0.15) is 0 Å². The van der Waals surface area contributed by atoms with Gasteiger partial charge in [-0.1, -0.05) is 140 Å². The van der Waals surface area contributed by atoms with E-state index >= 15 is 0 Å². The molecule has 296 valence electrons. The van der Waals surface area contributed by atoms with Crippen molar-refractivity contribution in [2.45, 2.75) is 63.4 Å². The van der Waals surface area contributed by atoms with E-state index in [0.29, 0.717) is 43.1 Å². The van der Waals surface area contributed by atoms with Crippen LogP contribution in [0.4, 0.5) is 0 Å².